The first-order valence-electron chi connectivity index (χ1n) is 2.81. The Bertz CT molecular complexity index is 165. The van der Waals surface area contributed by atoms with E-state index in [0.717, 1.165) is 0 Å². The van der Waals surface area contributed by atoms with E-state index in [2.05, 4.69) is 25.3 Å². The molecule has 0 fully saturated rings. The molecule has 2 N–H and O–H groups in total. The molecule has 10 heteroatoms. The average molecular weight is 276 g/mol. The number of carbonyl (C=O) groups is 3. The van der Waals surface area contributed by atoms with Gasteiger partial charge in [-0.05, 0) is 0 Å². The molecule has 15 heavy (non-hydrogen) atoms. The summed E-state index contributed by atoms with van der Waals surface area (Å²) in [6.07, 6.45) is -1.83. The predicted molar refractivity (Wildman–Crippen MR) is 55.7 cm³/mol. The molecule has 0 aliphatic carbocycles. The Morgan fingerprint density at radius 2 is 1.00 bits per heavy atom. The number of carboxylic acids is 2. The van der Waals surface area contributed by atoms with Crippen LogP contribution >= 0.6 is 25.3 Å². The molecule has 0 unspecified atom stereocenters. The third-order valence-electron chi connectivity index (χ3n) is 0.258. The van der Waals surface area contributed by atoms with Gasteiger partial charge in [-0.2, -0.15) is 25.3 Å². The van der Waals surface area contributed by atoms with Gasteiger partial charge in [0.2, 0.25) is 0 Å². The number of hydrogen-bond donors (Lipinski definition) is 4. The second-order valence-corrected chi connectivity index (χ2v) is 1.98. The fourth-order valence-electron chi connectivity index (χ4n) is 0. The fraction of sp³-hybridized carbons (Fsp3) is 0.400. The second kappa shape index (κ2) is 18.9. The lowest BCUT2D eigenvalue weighted by Crippen LogP contribution is -2.23. The summed E-state index contributed by atoms with van der Waals surface area (Å²) in [6, 6.07) is 0. The van der Waals surface area contributed by atoms with Gasteiger partial charge in [0.25, 0.3) is 0 Å². The zero-order chi connectivity index (χ0) is 12.1. The molecule has 0 heterocycles. The third-order valence-corrected chi connectivity index (χ3v) is 0.775. The normalized spacial score (nSPS) is 6.53. The van der Waals surface area contributed by atoms with Gasteiger partial charge in [0, 0.05) is 11.5 Å². The molecule has 0 aliphatic rings. The number of aliphatic carboxylic acids is 2. The number of thiol groups is 2. The van der Waals surface area contributed by atoms with Crippen molar-refractivity contribution in [3.05, 3.63) is 0 Å². The van der Waals surface area contributed by atoms with Crippen LogP contribution in [0.5, 0.6) is 0 Å². The van der Waals surface area contributed by atoms with Gasteiger partial charge in [0.05, 0.1) is 11.9 Å². The smallest absolute Gasteiger partial charge is 0.549 e. The average Bonchev–Trinajstić information content (AvgIpc) is 2.04. The van der Waals surface area contributed by atoms with E-state index in [-0.39, 0.29) is 25.0 Å². The first kappa shape index (κ1) is 23.8. The maximum Gasteiger partial charge on any atom is 2.00 e. The molecule has 0 aliphatic heterocycles. The molecule has 0 aromatic heterocycles. The van der Waals surface area contributed by atoms with Crippen LogP contribution in [0.3, 0.4) is 0 Å². The van der Waals surface area contributed by atoms with Gasteiger partial charge in [-0.1, -0.05) is 0 Å². The Balaban J connectivity index is -0.0000000590. The van der Waals surface area contributed by atoms with E-state index < -0.39 is 18.1 Å². The highest BCUT2D eigenvalue weighted by Gasteiger charge is 2.00. The lowest BCUT2D eigenvalue weighted by atomic mass is 10.8. The SMILES string of the molecule is O=C(O)O.O=C([O-])CS.O=C([O-])CS.[S+2]. The highest BCUT2D eigenvalue weighted by molar-refractivity contribution is 7.81. The maximum atomic E-state index is 9.18. The van der Waals surface area contributed by atoms with Crippen LogP contribution in [0.1, 0.15) is 0 Å². The Morgan fingerprint density at radius 1 is 0.933 bits per heavy atom. The highest BCUT2D eigenvalue weighted by atomic mass is 32.1. The fourth-order valence-corrected chi connectivity index (χ4v) is 0. The van der Waals surface area contributed by atoms with Gasteiger partial charge >= 0.3 is 19.7 Å². The molecule has 88 valence electrons. The number of carbonyl (C=O) groups excluding carboxylic acids is 2. The molecule has 0 bridgehead atoms. The Morgan fingerprint density at radius 3 is 1.00 bits per heavy atom. The summed E-state index contributed by atoms with van der Waals surface area (Å²) in [5.74, 6) is -2.65. The minimum atomic E-state index is -1.83. The van der Waals surface area contributed by atoms with Crippen molar-refractivity contribution in [1.29, 1.82) is 0 Å². The van der Waals surface area contributed by atoms with Gasteiger partial charge < -0.3 is 30.0 Å². The Hall–Kier alpha value is -0.740. The van der Waals surface area contributed by atoms with Crippen molar-refractivity contribution in [3.8, 4) is 0 Å². The highest BCUT2D eigenvalue weighted by Crippen LogP contribution is 1.62. The van der Waals surface area contributed by atoms with E-state index >= 15 is 0 Å². The van der Waals surface area contributed by atoms with Gasteiger partial charge in [-0.25, -0.2) is 4.79 Å². The first-order valence-corrected chi connectivity index (χ1v) is 4.07. The summed E-state index contributed by atoms with van der Waals surface area (Å²) >= 11 is 6.71. The lowest BCUT2D eigenvalue weighted by Gasteiger charge is -1.86. The number of carboxylic acid groups (broad SMARTS) is 4. The molecule has 0 atom stereocenters. The van der Waals surface area contributed by atoms with E-state index in [1.165, 1.54) is 0 Å². The van der Waals surface area contributed by atoms with Crippen molar-refractivity contribution in [3.63, 3.8) is 0 Å². The molecule has 4 radical (unpaired) electrons. The zero-order valence-corrected chi connectivity index (χ0v) is 9.76. The molecule has 7 nitrogen and oxygen atoms in total. The van der Waals surface area contributed by atoms with E-state index in [9.17, 15) is 19.8 Å². The van der Waals surface area contributed by atoms with Crippen LogP contribution in [0.25, 0.3) is 0 Å². The van der Waals surface area contributed by atoms with Crippen molar-refractivity contribution < 1.29 is 34.8 Å². The summed E-state index contributed by atoms with van der Waals surface area (Å²) in [5.41, 5.74) is 0. The molecule has 0 aromatic carbocycles. The van der Waals surface area contributed by atoms with Gasteiger partial charge in [0.15, 0.2) is 0 Å². The largest absolute Gasteiger partial charge is 2.00 e. The lowest BCUT2D eigenvalue weighted by molar-refractivity contribution is -0.302. The van der Waals surface area contributed by atoms with Crippen LogP contribution in [0.2, 0.25) is 0 Å². The number of rotatable bonds is 2. The first-order chi connectivity index (χ1) is 6.27. The summed E-state index contributed by atoms with van der Waals surface area (Å²) in [6.45, 7) is 0. The summed E-state index contributed by atoms with van der Waals surface area (Å²) in [4.78, 5) is 26.9. The van der Waals surface area contributed by atoms with E-state index in [1.54, 1.807) is 0 Å². The van der Waals surface area contributed by atoms with Crippen LogP contribution in [0.4, 0.5) is 4.79 Å². The van der Waals surface area contributed by atoms with Crippen molar-refractivity contribution in [2.45, 2.75) is 0 Å². The molecule has 0 aromatic rings. The summed E-state index contributed by atoms with van der Waals surface area (Å²) in [5, 5.41) is 32.3. The summed E-state index contributed by atoms with van der Waals surface area (Å²) < 4.78 is 0. The number of hydrogen-bond acceptors (Lipinski definition) is 7. The standard InChI is InChI=1S/2C2H4O2S.CH2O3.S/c2*3-2(4)1-5;2-1(3)4;/h2*5H,1H2,(H,3,4);(H2,2,3,4);/q;;;+2/p-2. The monoisotopic (exact) mass is 276 g/mol. The predicted octanol–water partition coefficient (Wildman–Crippen LogP) is -2.45. The molecule has 0 saturated heterocycles. The molecule has 0 spiro atoms. The van der Waals surface area contributed by atoms with Gasteiger partial charge in [0.1, 0.15) is 0 Å². The van der Waals surface area contributed by atoms with Crippen LogP contribution in [0.15, 0.2) is 0 Å². The molecular formula is C5H8O7S3. The van der Waals surface area contributed by atoms with Gasteiger partial charge in [-0.15, -0.1) is 0 Å². The maximum absolute atomic E-state index is 9.18. The molecule has 0 rings (SSSR count). The van der Waals surface area contributed by atoms with Crippen LogP contribution in [-0.4, -0.2) is 39.8 Å². The van der Waals surface area contributed by atoms with Crippen LogP contribution in [0, 0.1) is 0 Å². The third kappa shape index (κ3) is 158. The molecular weight excluding hydrogens is 268 g/mol. The minimum absolute atomic E-state index is 0. The molecule has 0 saturated carbocycles. The van der Waals surface area contributed by atoms with E-state index in [4.69, 9.17) is 15.0 Å². The van der Waals surface area contributed by atoms with Gasteiger partial charge in [-0.3, -0.25) is 0 Å². The summed E-state index contributed by atoms with van der Waals surface area (Å²) in [7, 11) is 0. The van der Waals surface area contributed by atoms with E-state index in [1.807, 2.05) is 0 Å². The minimum Gasteiger partial charge on any atom is -0.549 e. The second-order valence-electron chi connectivity index (χ2n) is 1.34. The van der Waals surface area contributed by atoms with E-state index in [0.29, 0.717) is 0 Å². The van der Waals surface area contributed by atoms with Crippen molar-refractivity contribution in [1.82, 2.24) is 0 Å². The quantitative estimate of drug-likeness (QED) is 0.411. The van der Waals surface area contributed by atoms with Crippen molar-refractivity contribution >= 4 is 56.8 Å². The van der Waals surface area contributed by atoms with Crippen LogP contribution in [-0.2, 0) is 23.1 Å². The zero-order valence-electron chi connectivity index (χ0n) is 7.15. The Kier molecular flexibility index (Phi) is 30.1. The van der Waals surface area contributed by atoms with Crippen LogP contribution < -0.4 is 10.2 Å². The van der Waals surface area contributed by atoms with Crippen molar-refractivity contribution in [2.24, 2.45) is 0 Å². The topological polar surface area (TPSA) is 138 Å². The molecule has 0 amide bonds. The Labute approximate surface area is 103 Å². The van der Waals surface area contributed by atoms with Crippen molar-refractivity contribution in [2.75, 3.05) is 11.5 Å².